The summed E-state index contributed by atoms with van der Waals surface area (Å²) < 4.78 is 0. The highest BCUT2D eigenvalue weighted by Crippen LogP contribution is 2.23. The number of thioether (sulfide) groups is 1. The molecule has 0 saturated heterocycles. The molecule has 4 nitrogen and oxygen atoms in total. The van der Waals surface area contributed by atoms with Gasteiger partial charge in [-0.15, -0.1) is 11.8 Å². The number of amides is 2. The van der Waals surface area contributed by atoms with Gasteiger partial charge in [-0.1, -0.05) is 79.9 Å². The lowest BCUT2D eigenvalue weighted by Gasteiger charge is -2.31. The maximum Gasteiger partial charge on any atom is 0.242 e. The molecular weight excluding hydrogens is 451 g/mol. The van der Waals surface area contributed by atoms with Crippen molar-refractivity contribution in [2.75, 3.05) is 12.3 Å². The van der Waals surface area contributed by atoms with Crippen LogP contribution < -0.4 is 5.32 Å². The predicted octanol–water partition coefficient (Wildman–Crippen LogP) is 5.95. The second-order valence-corrected chi connectivity index (χ2v) is 9.07. The molecule has 2 rings (SSSR count). The van der Waals surface area contributed by atoms with Crippen LogP contribution in [0.2, 0.25) is 10.0 Å². The van der Waals surface area contributed by atoms with Crippen molar-refractivity contribution in [2.24, 2.45) is 0 Å². The van der Waals surface area contributed by atoms with Crippen LogP contribution in [0.25, 0.3) is 0 Å². The molecule has 2 amide bonds. The first-order valence-corrected chi connectivity index (χ1v) is 12.5. The van der Waals surface area contributed by atoms with Crippen LogP contribution in [-0.4, -0.2) is 35.1 Å². The summed E-state index contributed by atoms with van der Waals surface area (Å²) in [5.41, 5.74) is 1.82. The maximum absolute atomic E-state index is 13.2. The van der Waals surface area contributed by atoms with Crippen LogP contribution in [0.1, 0.15) is 44.2 Å². The van der Waals surface area contributed by atoms with Gasteiger partial charge in [0.15, 0.2) is 0 Å². The Hall–Kier alpha value is -1.69. The number of halogens is 2. The van der Waals surface area contributed by atoms with Crippen LogP contribution in [0.15, 0.2) is 48.5 Å². The zero-order chi connectivity index (χ0) is 22.6. The third kappa shape index (κ3) is 8.06. The van der Waals surface area contributed by atoms with Crippen LogP contribution in [0, 0.1) is 0 Å². The molecule has 0 aliphatic heterocycles. The van der Waals surface area contributed by atoms with Crippen molar-refractivity contribution in [3.63, 3.8) is 0 Å². The van der Waals surface area contributed by atoms with E-state index in [0.29, 0.717) is 35.3 Å². The molecule has 0 spiro atoms. The van der Waals surface area contributed by atoms with Gasteiger partial charge in [-0.05, 0) is 36.1 Å². The summed E-state index contributed by atoms with van der Waals surface area (Å²) in [5.74, 6) is 0.682. The van der Waals surface area contributed by atoms with Crippen LogP contribution in [0.5, 0.6) is 0 Å². The number of nitrogens with one attached hydrogen (secondary N) is 1. The summed E-state index contributed by atoms with van der Waals surface area (Å²) in [5, 5.41) is 4.25. The minimum atomic E-state index is -0.540. The van der Waals surface area contributed by atoms with Gasteiger partial charge >= 0.3 is 0 Å². The van der Waals surface area contributed by atoms with Gasteiger partial charge in [-0.25, -0.2) is 0 Å². The first-order valence-electron chi connectivity index (χ1n) is 10.6. The van der Waals surface area contributed by atoms with E-state index in [1.165, 1.54) is 11.8 Å². The Bertz CT molecular complexity index is 863. The fourth-order valence-corrected chi connectivity index (χ4v) is 4.57. The molecule has 31 heavy (non-hydrogen) atoms. The van der Waals surface area contributed by atoms with Crippen molar-refractivity contribution in [1.29, 1.82) is 0 Å². The van der Waals surface area contributed by atoms with E-state index in [2.05, 4.69) is 12.2 Å². The van der Waals surface area contributed by atoms with Crippen molar-refractivity contribution in [3.8, 4) is 0 Å². The summed E-state index contributed by atoms with van der Waals surface area (Å²) in [7, 11) is 0. The van der Waals surface area contributed by atoms with Crippen LogP contribution in [-0.2, 0) is 21.9 Å². The van der Waals surface area contributed by atoms with Gasteiger partial charge in [0.25, 0.3) is 0 Å². The molecule has 0 aliphatic rings. The monoisotopic (exact) mass is 480 g/mol. The molecule has 0 radical (unpaired) electrons. The minimum absolute atomic E-state index is 0.0885. The van der Waals surface area contributed by atoms with Gasteiger partial charge in [0.2, 0.25) is 11.8 Å². The molecule has 2 aromatic rings. The van der Waals surface area contributed by atoms with E-state index in [1.54, 1.807) is 11.0 Å². The molecule has 1 atom stereocenters. The van der Waals surface area contributed by atoms with E-state index in [0.717, 1.165) is 24.0 Å². The molecule has 168 valence electrons. The normalized spacial score (nSPS) is 11.7. The van der Waals surface area contributed by atoms with E-state index >= 15 is 0 Å². The van der Waals surface area contributed by atoms with Gasteiger partial charge in [-0.2, -0.15) is 0 Å². The number of carbonyl (C=O) groups is 2. The van der Waals surface area contributed by atoms with Gasteiger partial charge in [0.05, 0.1) is 5.75 Å². The number of unbranched alkanes of at least 4 members (excludes halogenated alkanes) is 1. The van der Waals surface area contributed by atoms with Crippen molar-refractivity contribution < 1.29 is 9.59 Å². The summed E-state index contributed by atoms with van der Waals surface area (Å²) in [4.78, 5) is 27.7. The predicted molar refractivity (Wildman–Crippen MR) is 132 cm³/mol. The Labute approximate surface area is 199 Å². The largest absolute Gasteiger partial charge is 0.354 e. The molecular formula is C24H30Cl2N2O2S. The molecule has 0 aromatic heterocycles. The van der Waals surface area contributed by atoms with Crippen LogP contribution in [0.3, 0.4) is 0 Å². The molecule has 7 heteroatoms. The second-order valence-electron chi connectivity index (χ2n) is 7.27. The lowest BCUT2D eigenvalue weighted by atomic mass is 10.1. The molecule has 0 aliphatic carbocycles. The van der Waals surface area contributed by atoms with E-state index in [-0.39, 0.29) is 17.6 Å². The van der Waals surface area contributed by atoms with Gasteiger partial charge in [0.1, 0.15) is 6.04 Å². The number of rotatable bonds is 12. The number of benzene rings is 2. The highest BCUT2D eigenvalue weighted by Gasteiger charge is 2.28. The molecule has 1 N–H and O–H groups in total. The number of carbonyl (C=O) groups excluding carboxylic acids is 2. The molecule has 0 fully saturated rings. The second kappa shape index (κ2) is 13.7. The summed E-state index contributed by atoms with van der Waals surface area (Å²) >= 11 is 14.1. The summed E-state index contributed by atoms with van der Waals surface area (Å²) in [6.07, 6.45) is 2.44. The number of hydrogen-bond acceptors (Lipinski definition) is 3. The van der Waals surface area contributed by atoms with Gasteiger partial charge in [0, 0.05) is 28.9 Å². The van der Waals surface area contributed by atoms with Crippen molar-refractivity contribution in [1.82, 2.24) is 10.2 Å². The molecule has 0 bridgehead atoms. The summed E-state index contributed by atoms with van der Waals surface area (Å²) in [6.45, 7) is 4.91. The Morgan fingerprint density at radius 2 is 1.61 bits per heavy atom. The average molecular weight is 481 g/mol. The number of hydrogen-bond donors (Lipinski definition) is 1. The zero-order valence-corrected chi connectivity index (χ0v) is 20.4. The Kier molecular flexibility index (Phi) is 11.3. The van der Waals surface area contributed by atoms with E-state index in [9.17, 15) is 9.59 Å². The van der Waals surface area contributed by atoms with E-state index in [1.807, 2.05) is 49.4 Å². The molecule has 0 saturated carbocycles. The summed E-state index contributed by atoms with van der Waals surface area (Å²) in [6, 6.07) is 14.5. The average Bonchev–Trinajstić information content (AvgIpc) is 2.76. The van der Waals surface area contributed by atoms with Gasteiger partial charge < -0.3 is 10.2 Å². The lowest BCUT2D eigenvalue weighted by molar-refractivity contribution is -0.139. The van der Waals surface area contributed by atoms with Crippen LogP contribution in [0.4, 0.5) is 0 Å². The van der Waals surface area contributed by atoms with E-state index < -0.39 is 6.04 Å². The topological polar surface area (TPSA) is 49.4 Å². The Morgan fingerprint density at radius 3 is 2.19 bits per heavy atom. The van der Waals surface area contributed by atoms with Crippen LogP contribution >= 0.6 is 35.0 Å². The first kappa shape index (κ1) is 25.6. The highest BCUT2D eigenvalue weighted by molar-refractivity contribution is 7.99. The molecule has 0 heterocycles. The smallest absolute Gasteiger partial charge is 0.242 e. The zero-order valence-electron chi connectivity index (χ0n) is 18.1. The van der Waals surface area contributed by atoms with E-state index in [4.69, 9.17) is 23.2 Å². The number of nitrogens with zero attached hydrogens (tertiary/aromatic N) is 1. The standard InChI is InChI=1S/C24H30Cl2N2O2S/c1-3-5-14-27-24(30)22(4-2)28(15-18-10-6-8-12-20(18)25)23(29)17-31-16-19-11-7-9-13-21(19)26/h6-13,22H,3-5,14-17H2,1-2H3,(H,27,30)/t22-/m1/s1. The van der Waals surface area contributed by atoms with Gasteiger partial charge in [-0.3, -0.25) is 9.59 Å². The fourth-order valence-electron chi connectivity index (χ4n) is 3.18. The third-order valence-corrected chi connectivity index (χ3v) is 6.66. The van der Waals surface area contributed by atoms with Crippen molar-refractivity contribution in [3.05, 3.63) is 69.7 Å². The molecule has 2 aromatic carbocycles. The maximum atomic E-state index is 13.2. The molecule has 0 unspecified atom stereocenters. The fraction of sp³-hybridized carbons (Fsp3) is 0.417. The lowest BCUT2D eigenvalue weighted by Crippen LogP contribution is -2.49. The third-order valence-electron chi connectivity index (χ3n) is 4.95. The Balaban J connectivity index is 2.13. The van der Waals surface area contributed by atoms with Crippen molar-refractivity contribution in [2.45, 2.75) is 51.4 Å². The highest BCUT2D eigenvalue weighted by atomic mass is 35.5. The SMILES string of the molecule is CCCCNC(=O)[C@@H](CC)N(Cc1ccccc1Cl)C(=O)CSCc1ccccc1Cl. The quantitative estimate of drug-likeness (QED) is 0.381. The minimum Gasteiger partial charge on any atom is -0.354 e. The van der Waals surface area contributed by atoms with Crippen molar-refractivity contribution >= 4 is 46.8 Å². The first-order chi connectivity index (χ1) is 15.0. The Morgan fingerprint density at radius 1 is 1.00 bits per heavy atom.